The fourth-order valence-electron chi connectivity index (χ4n) is 3.96. The summed E-state index contributed by atoms with van der Waals surface area (Å²) in [6, 6.07) is 17.7. The van der Waals surface area contributed by atoms with E-state index in [1.54, 1.807) is 12.1 Å². The highest BCUT2D eigenvalue weighted by atomic mass is 16.4. The first-order valence-electron chi connectivity index (χ1n) is 9.57. The molecule has 2 heterocycles. The van der Waals surface area contributed by atoms with Gasteiger partial charge in [0.05, 0.1) is 17.3 Å². The highest BCUT2D eigenvalue weighted by molar-refractivity contribution is 5.95. The predicted octanol–water partition coefficient (Wildman–Crippen LogP) is 4.49. The van der Waals surface area contributed by atoms with Crippen LogP contribution in [0.3, 0.4) is 0 Å². The van der Waals surface area contributed by atoms with Gasteiger partial charge >= 0.3 is 5.97 Å². The van der Waals surface area contributed by atoms with Crippen LogP contribution in [-0.2, 0) is 6.54 Å². The Hall–Kier alpha value is -3.05. The molecule has 0 saturated carbocycles. The van der Waals surface area contributed by atoms with Crippen LogP contribution in [0.4, 0.5) is 0 Å². The van der Waals surface area contributed by atoms with E-state index in [0.29, 0.717) is 11.6 Å². The van der Waals surface area contributed by atoms with Crippen molar-refractivity contribution >= 4 is 5.97 Å². The molecule has 1 saturated heterocycles. The predicted molar refractivity (Wildman–Crippen MR) is 108 cm³/mol. The first-order chi connectivity index (χ1) is 13.6. The summed E-state index contributed by atoms with van der Waals surface area (Å²) in [5.41, 5.74) is 4.31. The van der Waals surface area contributed by atoms with E-state index in [-0.39, 0.29) is 0 Å². The lowest BCUT2D eigenvalue weighted by atomic mass is 9.98. The minimum Gasteiger partial charge on any atom is -0.478 e. The Balaban J connectivity index is 1.53. The molecule has 4 rings (SSSR count). The SMILES string of the molecule is Cc1nccc(C2CCCN2Cc2ccc(-c3ccccc3C(=O)O)cc2)n1. The van der Waals surface area contributed by atoms with E-state index in [0.717, 1.165) is 48.6 Å². The van der Waals surface area contributed by atoms with Crippen LogP contribution in [0.15, 0.2) is 60.8 Å². The maximum absolute atomic E-state index is 11.5. The largest absolute Gasteiger partial charge is 0.478 e. The number of nitrogens with zero attached hydrogens (tertiary/aromatic N) is 3. The summed E-state index contributed by atoms with van der Waals surface area (Å²) < 4.78 is 0. The fraction of sp³-hybridized carbons (Fsp3) is 0.261. The molecule has 0 spiro atoms. The van der Waals surface area contributed by atoms with Gasteiger partial charge in [-0.1, -0.05) is 42.5 Å². The Morgan fingerprint density at radius 1 is 1.14 bits per heavy atom. The van der Waals surface area contributed by atoms with Crippen LogP contribution >= 0.6 is 0 Å². The quantitative estimate of drug-likeness (QED) is 0.714. The van der Waals surface area contributed by atoms with Crippen molar-refractivity contribution in [2.45, 2.75) is 32.4 Å². The third-order valence-corrected chi connectivity index (χ3v) is 5.31. The normalized spacial score (nSPS) is 17.0. The van der Waals surface area contributed by atoms with Gasteiger partial charge in [-0.25, -0.2) is 14.8 Å². The molecule has 1 fully saturated rings. The van der Waals surface area contributed by atoms with Crippen LogP contribution in [0.5, 0.6) is 0 Å². The van der Waals surface area contributed by atoms with Crippen LogP contribution < -0.4 is 0 Å². The molecular formula is C23H23N3O2. The molecule has 0 bridgehead atoms. The van der Waals surface area contributed by atoms with Crippen molar-refractivity contribution in [1.82, 2.24) is 14.9 Å². The van der Waals surface area contributed by atoms with Crippen LogP contribution in [0.1, 0.15) is 46.3 Å². The minimum absolute atomic E-state index is 0.328. The molecule has 5 heteroatoms. The molecule has 0 amide bonds. The van der Waals surface area contributed by atoms with Crippen molar-refractivity contribution in [3.63, 3.8) is 0 Å². The molecule has 1 aliphatic heterocycles. The number of likely N-dealkylation sites (tertiary alicyclic amines) is 1. The fourth-order valence-corrected chi connectivity index (χ4v) is 3.96. The van der Waals surface area contributed by atoms with Crippen molar-refractivity contribution in [3.05, 3.63) is 83.4 Å². The molecule has 142 valence electrons. The van der Waals surface area contributed by atoms with Gasteiger partial charge in [-0.05, 0) is 55.1 Å². The maximum atomic E-state index is 11.5. The van der Waals surface area contributed by atoms with Crippen LogP contribution in [0, 0.1) is 6.92 Å². The zero-order valence-corrected chi connectivity index (χ0v) is 15.9. The number of rotatable bonds is 5. The van der Waals surface area contributed by atoms with E-state index in [4.69, 9.17) is 0 Å². The third-order valence-electron chi connectivity index (χ3n) is 5.31. The van der Waals surface area contributed by atoms with Gasteiger partial charge in [0.2, 0.25) is 0 Å². The number of hydrogen-bond acceptors (Lipinski definition) is 4. The molecule has 1 N–H and O–H groups in total. The number of aromatic nitrogens is 2. The standard InChI is InChI=1S/C23H23N3O2/c1-16-24-13-12-21(25-16)22-7-4-14-26(22)15-17-8-10-18(11-9-17)19-5-2-3-6-20(19)23(27)28/h2-3,5-6,8-13,22H,4,7,14-15H2,1H3,(H,27,28). The molecule has 5 nitrogen and oxygen atoms in total. The van der Waals surface area contributed by atoms with Gasteiger partial charge < -0.3 is 5.11 Å². The Labute approximate surface area is 164 Å². The molecular weight excluding hydrogens is 350 g/mol. The number of hydrogen-bond donors (Lipinski definition) is 1. The lowest BCUT2D eigenvalue weighted by Crippen LogP contribution is -2.23. The van der Waals surface area contributed by atoms with Crippen molar-refractivity contribution in [3.8, 4) is 11.1 Å². The van der Waals surface area contributed by atoms with E-state index >= 15 is 0 Å². The monoisotopic (exact) mass is 373 g/mol. The summed E-state index contributed by atoms with van der Waals surface area (Å²) in [6.45, 7) is 3.84. The molecule has 1 aliphatic rings. The zero-order chi connectivity index (χ0) is 19.5. The number of aryl methyl sites for hydroxylation is 1. The average Bonchev–Trinajstić information content (AvgIpc) is 3.17. The summed E-state index contributed by atoms with van der Waals surface area (Å²) >= 11 is 0. The number of carboxylic acid groups (broad SMARTS) is 1. The van der Waals surface area contributed by atoms with Crippen LogP contribution in [0.2, 0.25) is 0 Å². The van der Waals surface area contributed by atoms with Gasteiger partial charge in [0.15, 0.2) is 0 Å². The van der Waals surface area contributed by atoms with Gasteiger partial charge in [-0.15, -0.1) is 0 Å². The molecule has 0 aliphatic carbocycles. The van der Waals surface area contributed by atoms with E-state index < -0.39 is 5.97 Å². The van der Waals surface area contributed by atoms with E-state index in [2.05, 4.69) is 27.0 Å². The van der Waals surface area contributed by atoms with E-state index in [1.165, 1.54) is 5.56 Å². The Kier molecular flexibility index (Phi) is 5.17. The zero-order valence-electron chi connectivity index (χ0n) is 15.9. The molecule has 1 unspecified atom stereocenters. The van der Waals surface area contributed by atoms with Crippen molar-refractivity contribution in [2.24, 2.45) is 0 Å². The van der Waals surface area contributed by atoms with Gasteiger partial charge in [-0.2, -0.15) is 0 Å². The number of benzene rings is 2. The van der Waals surface area contributed by atoms with Crippen molar-refractivity contribution in [1.29, 1.82) is 0 Å². The third kappa shape index (κ3) is 3.80. The summed E-state index contributed by atoms with van der Waals surface area (Å²) in [5, 5.41) is 9.41. The Bertz CT molecular complexity index is 985. The highest BCUT2D eigenvalue weighted by Gasteiger charge is 2.27. The highest BCUT2D eigenvalue weighted by Crippen LogP contribution is 2.32. The summed E-state index contributed by atoms with van der Waals surface area (Å²) in [6.07, 6.45) is 4.11. The van der Waals surface area contributed by atoms with Gasteiger partial charge in [-0.3, -0.25) is 4.90 Å². The van der Waals surface area contributed by atoms with Crippen LogP contribution in [0.25, 0.3) is 11.1 Å². The van der Waals surface area contributed by atoms with Crippen molar-refractivity contribution < 1.29 is 9.90 Å². The van der Waals surface area contributed by atoms with Crippen molar-refractivity contribution in [2.75, 3.05) is 6.54 Å². The average molecular weight is 373 g/mol. The molecule has 3 aromatic rings. The number of carboxylic acids is 1. The summed E-state index contributed by atoms with van der Waals surface area (Å²) in [7, 11) is 0. The minimum atomic E-state index is -0.903. The molecule has 1 atom stereocenters. The Morgan fingerprint density at radius 2 is 1.93 bits per heavy atom. The van der Waals surface area contributed by atoms with E-state index in [1.807, 2.05) is 43.5 Å². The Morgan fingerprint density at radius 3 is 2.68 bits per heavy atom. The molecule has 0 radical (unpaired) electrons. The van der Waals surface area contributed by atoms with Gasteiger partial charge in [0, 0.05) is 12.7 Å². The first-order valence-corrected chi connectivity index (χ1v) is 9.57. The van der Waals surface area contributed by atoms with Gasteiger partial charge in [0.25, 0.3) is 0 Å². The lowest BCUT2D eigenvalue weighted by molar-refractivity contribution is 0.0697. The van der Waals surface area contributed by atoms with E-state index in [9.17, 15) is 9.90 Å². The number of carbonyl (C=O) groups is 1. The number of aromatic carboxylic acids is 1. The molecule has 28 heavy (non-hydrogen) atoms. The second-order valence-corrected chi connectivity index (χ2v) is 7.20. The smallest absolute Gasteiger partial charge is 0.336 e. The topological polar surface area (TPSA) is 66.3 Å². The summed E-state index contributed by atoms with van der Waals surface area (Å²) in [5.74, 6) is -0.0921. The molecule has 2 aromatic carbocycles. The second kappa shape index (κ2) is 7.90. The maximum Gasteiger partial charge on any atom is 0.336 e. The first kappa shape index (κ1) is 18.3. The lowest BCUT2D eigenvalue weighted by Gasteiger charge is -2.24. The summed E-state index contributed by atoms with van der Waals surface area (Å²) in [4.78, 5) is 22.8. The molecule has 1 aromatic heterocycles. The second-order valence-electron chi connectivity index (χ2n) is 7.20. The van der Waals surface area contributed by atoms with Crippen LogP contribution in [-0.4, -0.2) is 32.5 Å². The van der Waals surface area contributed by atoms with Gasteiger partial charge in [0.1, 0.15) is 5.82 Å².